The average molecular weight is 199 g/mol. The normalized spacial score (nSPS) is 12.9. The molecule has 0 saturated heterocycles. The van der Waals surface area contributed by atoms with Crippen LogP contribution in [-0.4, -0.2) is 13.1 Å². The Hall–Kier alpha value is -0.960. The molecule has 14 heavy (non-hydrogen) atoms. The summed E-state index contributed by atoms with van der Waals surface area (Å²) in [5.74, 6) is -0.729. The van der Waals surface area contributed by atoms with E-state index < -0.39 is 0 Å². The lowest BCUT2D eigenvalue weighted by Crippen LogP contribution is -2.20. The fourth-order valence-corrected chi connectivity index (χ4v) is 1.36. The highest BCUT2D eigenvalue weighted by molar-refractivity contribution is 5.22. The lowest BCUT2D eigenvalue weighted by molar-refractivity contribution is 0.552. The zero-order valence-corrected chi connectivity index (χ0v) is 8.48. The van der Waals surface area contributed by atoms with Crippen molar-refractivity contribution in [1.82, 2.24) is 5.32 Å². The molecule has 0 bridgehead atoms. The van der Waals surface area contributed by atoms with Crippen LogP contribution in [0.4, 0.5) is 8.78 Å². The first-order valence-corrected chi connectivity index (χ1v) is 4.80. The van der Waals surface area contributed by atoms with Crippen molar-refractivity contribution in [3.05, 3.63) is 35.4 Å². The van der Waals surface area contributed by atoms with Gasteiger partial charge in [-0.15, -0.1) is 0 Å². The summed E-state index contributed by atoms with van der Waals surface area (Å²) in [6.07, 6.45) is 0. The highest BCUT2D eigenvalue weighted by Crippen LogP contribution is 2.19. The molecule has 0 amide bonds. The molecule has 0 saturated carbocycles. The monoisotopic (exact) mass is 199 g/mol. The summed E-state index contributed by atoms with van der Waals surface area (Å²) in [6, 6.07) is 3.57. The van der Waals surface area contributed by atoms with E-state index in [4.69, 9.17) is 0 Å². The molecule has 1 aromatic carbocycles. The van der Waals surface area contributed by atoms with Gasteiger partial charge in [-0.3, -0.25) is 0 Å². The number of halogens is 2. The maximum atomic E-state index is 13.3. The number of nitrogens with one attached hydrogen (secondary N) is 1. The Morgan fingerprint density at radius 3 is 2.71 bits per heavy atom. The van der Waals surface area contributed by atoms with Gasteiger partial charge in [0.2, 0.25) is 0 Å². The summed E-state index contributed by atoms with van der Waals surface area (Å²) < 4.78 is 26.1. The van der Waals surface area contributed by atoms with Gasteiger partial charge in [-0.1, -0.05) is 13.8 Å². The molecule has 78 valence electrons. The standard InChI is InChI=1S/C11H15F2N/c1-3-14-7-8(2)10-6-9(12)4-5-11(10)13/h4-6,8,14H,3,7H2,1-2H3. The van der Waals surface area contributed by atoms with Crippen molar-refractivity contribution in [2.75, 3.05) is 13.1 Å². The second-order valence-electron chi connectivity index (χ2n) is 3.37. The lowest BCUT2D eigenvalue weighted by atomic mass is 10.0. The first kappa shape index (κ1) is 11.1. The number of likely N-dealkylation sites (N-methyl/N-ethyl adjacent to an activating group) is 1. The summed E-state index contributed by atoms with van der Waals surface area (Å²) in [5.41, 5.74) is 0.436. The number of rotatable bonds is 4. The van der Waals surface area contributed by atoms with Crippen molar-refractivity contribution in [2.24, 2.45) is 0 Å². The molecule has 0 aliphatic heterocycles. The zero-order chi connectivity index (χ0) is 10.6. The Labute approximate surface area is 83.1 Å². The van der Waals surface area contributed by atoms with Crippen LogP contribution in [-0.2, 0) is 0 Å². The minimum atomic E-state index is -0.384. The van der Waals surface area contributed by atoms with Gasteiger partial charge in [-0.25, -0.2) is 8.78 Å². The van der Waals surface area contributed by atoms with Crippen molar-refractivity contribution in [3.8, 4) is 0 Å². The molecule has 1 rings (SSSR count). The molecule has 0 spiro atoms. The summed E-state index contributed by atoms with van der Waals surface area (Å²) in [5, 5.41) is 3.10. The van der Waals surface area contributed by atoms with Crippen LogP contribution < -0.4 is 5.32 Å². The molecule has 3 heteroatoms. The van der Waals surface area contributed by atoms with Gasteiger partial charge in [-0.2, -0.15) is 0 Å². The van der Waals surface area contributed by atoms with Crippen LogP contribution in [0.3, 0.4) is 0 Å². The fourth-order valence-electron chi connectivity index (χ4n) is 1.36. The van der Waals surface area contributed by atoms with Crippen molar-refractivity contribution in [1.29, 1.82) is 0 Å². The van der Waals surface area contributed by atoms with Crippen LogP contribution in [0.2, 0.25) is 0 Å². The van der Waals surface area contributed by atoms with Gasteiger partial charge in [0.15, 0.2) is 0 Å². The molecular weight excluding hydrogens is 184 g/mol. The topological polar surface area (TPSA) is 12.0 Å². The van der Waals surface area contributed by atoms with Crippen molar-refractivity contribution in [2.45, 2.75) is 19.8 Å². The quantitative estimate of drug-likeness (QED) is 0.786. The summed E-state index contributed by atoms with van der Waals surface area (Å²) >= 11 is 0. The van der Waals surface area contributed by atoms with Crippen LogP contribution in [0.5, 0.6) is 0 Å². The molecule has 0 aliphatic carbocycles. The third kappa shape index (κ3) is 2.77. The SMILES string of the molecule is CCNCC(C)c1cc(F)ccc1F. The predicted molar refractivity (Wildman–Crippen MR) is 53.3 cm³/mol. The molecule has 1 N–H and O–H groups in total. The summed E-state index contributed by atoms with van der Waals surface area (Å²) in [6.45, 7) is 5.35. The maximum Gasteiger partial charge on any atom is 0.126 e. The first-order chi connectivity index (χ1) is 6.65. The van der Waals surface area contributed by atoms with Crippen LogP contribution in [0, 0.1) is 11.6 Å². The van der Waals surface area contributed by atoms with E-state index in [0.29, 0.717) is 12.1 Å². The number of benzene rings is 1. The van der Waals surface area contributed by atoms with E-state index in [2.05, 4.69) is 5.32 Å². The molecular formula is C11H15F2N. The molecule has 0 fully saturated rings. The first-order valence-electron chi connectivity index (χ1n) is 4.80. The lowest BCUT2D eigenvalue weighted by Gasteiger charge is -2.12. The van der Waals surface area contributed by atoms with E-state index in [9.17, 15) is 8.78 Å². The molecule has 0 heterocycles. The molecule has 0 aliphatic rings. The van der Waals surface area contributed by atoms with Crippen molar-refractivity contribution >= 4 is 0 Å². The van der Waals surface area contributed by atoms with Gasteiger partial charge in [0.1, 0.15) is 11.6 Å². The van der Waals surface area contributed by atoms with Gasteiger partial charge in [0, 0.05) is 6.54 Å². The van der Waals surface area contributed by atoms with Gasteiger partial charge in [-0.05, 0) is 36.2 Å². The third-order valence-corrected chi connectivity index (χ3v) is 2.19. The van der Waals surface area contributed by atoms with E-state index in [0.717, 1.165) is 12.6 Å². The van der Waals surface area contributed by atoms with Crippen LogP contribution in [0.25, 0.3) is 0 Å². The van der Waals surface area contributed by atoms with Crippen molar-refractivity contribution in [3.63, 3.8) is 0 Å². The Morgan fingerprint density at radius 2 is 2.07 bits per heavy atom. The highest BCUT2D eigenvalue weighted by atomic mass is 19.1. The van der Waals surface area contributed by atoms with E-state index in [1.807, 2.05) is 13.8 Å². The van der Waals surface area contributed by atoms with Crippen LogP contribution >= 0.6 is 0 Å². The van der Waals surface area contributed by atoms with E-state index in [1.54, 1.807) is 0 Å². The van der Waals surface area contributed by atoms with E-state index in [-0.39, 0.29) is 17.6 Å². The molecule has 0 aromatic heterocycles. The number of hydrogen-bond acceptors (Lipinski definition) is 1. The fraction of sp³-hybridized carbons (Fsp3) is 0.455. The third-order valence-electron chi connectivity index (χ3n) is 2.19. The smallest absolute Gasteiger partial charge is 0.126 e. The molecule has 1 nitrogen and oxygen atoms in total. The Bertz CT molecular complexity index is 299. The second kappa shape index (κ2) is 5.05. The molecule has 1 atom stereocenters. The summed E-state index contributed by atoms with van der Waals surface area (Å²) in [7, 11) is 0. The van der Waals surface area contributed by atoms with Gasteiger partial charge < -0.3 is 5.32 Å². The molecule has 1 unspecified atom stereocenters. The Balaban J connectivity index is 2.77. The van der Waals surface area contributed by atoms with Gasteiger partial charge >= 0.3 is 0 Å². The largest absolute Gasteiger partial charge is 0.316 e. The second-order valence-corrected chi connectivity index (χ2v) is 3.37. The zero-order valence-electron chi connectivity index (χ0n) is 8.48. The van der Waals surface area contributed by atoms with Crippen LogP contribution in [0.15, 0.2) is 18.2 Å². The van der Waals surface area contributed by atoms with E-state index >= 15 is 0 Å². The van der Waals surface area contributed by atoms with Crippen molar-refractivity contribution < 1.29 is 8.78 Å². The average Bonchev–Trinajstić information content (AvgIpc) is 2.18. The van der Waals surface area contributed by atoms with Gasteiger partial charge in [0.25, 0.3) is 0 Å². The van der Waals surface area contributed by atoms with Crippen LogP contribution in [0.1, 0.15) is 25.3 Å². The Morgan fingerprint density at radius 1 is 1.36 bits per heavy atom. The molecule has 0 radical (unpaired) electrons. The maximum absolute atomic E-state index is 13.3. The minimum absolute atomic E-state index is 0.00866. The predicted octanol–water partition coefficient (Wildman–Crippen LogP) is 2.68. The summed E-state index contributed by atoms with van der Waals surface area (Å²) in [4.78, 5) is 0. The minimum Gasteiger partial charge on any atom is -0.316 e. The highest BCUT2D eigenvalue weighted by Gasteiger charge is 2.10. The van der Waals surface area contributed by atoms with E-state index in [1.165, 1.54) is 12.1 Å². The molecule has 1 aromatic rings. The Kier molecular flexibility index (Phi) is 4.01. The van der Waals surface area contributed by atoms with Gasteiger partial charge in [0.05, 0.1) is 0 Å². The number of hydrogen-bond donors (Lipinski definition) is 1.